The van der Waals surface area contributed by atoms with Crippen molar-refractivity contribution in [2.75, 3.05) is 7.05 Å². The first-order valence-electron chi connectivity index (χ1n) is 12.2. The molecular formula is C28H27F2N3O3. The fourth-order valence-corrected chi connectivity index (χ4v) is 5.15. The molecule has 2 aromatic carbocycles. The van der Waals surface area contributed by atoms with E-state index in [0.29, 0.717) is 24.0 Å². The zero-order valence-electron chi connectivity index (χ0n) is 19.9. The molecule has 6 nitrogen and oxygen atoms in total. The molecule has 36 heavy (non-hydrogen) atoms. The van der Waals surface area contributed by atoms with Crippen molar-refractivity contribution in [2.24, 2.45) is 0 Å². The molecule has 2 heterocycles. The van der Waals surface area contributed by atoms with Crippen LogP contribution in [0.5, 0.6) is 0 Å². The number of halogens is 2. The van der Waals surface area contributed by atoms with Crippen LogP contribution in [0.15, 0.2) is 59.4 Å². The van der Waals surface area contributed by atoms with Crippen LogP contribution in [0, 0.1) is 11.6 Å². The number of hydrogen-bond donors (Lipinski definition) is 2. The molecule has 1 fully saturated rings. The molecule has 1 aliphatic heterocycles. The first-order chi connectivity index (χ1) is 17.4. The number of rotatable bonds is 5. The quantitative estimate of drug-likeness (QED) is 0.535. The van der Waals surface area contributed by atoms with Crippen LogP contribution in [0.3, 0.4) is 0 Å². The van der Waals surface area contributed by atoms with Crippen LogP contribution < -0.4 is 16.2 Å². The third-order valence-electron chi connectivity index (χ3n) is 7.15. The minimum absolute atomic E-state index is 0.120. The van der Waals surface area contributed by atoms with Crippen LogP contribution in [0.2, 0.25) is 0 Å². The van der Waals surface area contributed by atoms with Gasteiger partial charge < -0.3 is 15.2 Å². The maximum Gasteiger partial charge on any atom is 0.309 e. The maximum absolute atomic E-state index is 15.8. The summed E-state index contributed by atoms with van der Waals surface area (Å²) in [6.07, 6.45) is 3.08. The van der Waals surface area contributed by atoms with Gasteiger partial charge in [0, 0.05) is 23.9 Å². The highest BCUT2D eigenvalue weighted by molar-refractivity contribution is 6.35. The van der Waals surface area contributed by atoms with Gasteiger partial charge in [0.1, 0.15) is 11.6 Å². The average Bonchev–Trinajstić information content (AvgIpc) is 3.71. The van der Waals surface area contributed by atoms with Gasteiger partial charge in [-0.1, -0.05) is 36.4 Å². The van der Waals surface area contributed by atoms with Crippen LogP contribution >= 0.6 is 0 Å². The molecule has 5 rings (SSSR count). The fourth-order valence-electron chi connectivity index (χ4n) is 5.15. The summed E-state index contributed by atoms with van der Waals surface area (Å²) in [5.41, 5.74) is 2.44. The van der Waals surface area contributed by atoms with Gasteiger partial charge in [-0.3, -0.25) is 14.4 Å². The first kappa shape index (κ1) is 23.9. The van der Waals surface area contributed by atoms with Gasteiger partial charge in [0.15, 0.2) is 0 Å². The molecule has 2 amide bonds. The van der Waals surface area contributed by atoms with Crippen molar-refractivity contribution in [1.82, 2.24) is 15.2 Å². The summed E-state index contributed by atoms with van der Waals surface area (Å²) in [4.78, 5) is 37.9. The lowest BCUT2D eigenvalue weighted by molar-refractivity contribution is -0.139. The molecule has 2 N–H and O–H groups in total. The molecule has 3 aromatic rings. The Kier molecular flexibility index (Phi) is 6.43. The lowest BCUT2D eigenvalue weighted by Crippen LogP contribution is -2.51. The minimum Gasteiger partial charge on any atom is -0.351 e. The number of carbonyl (C=O) groups excluding carboxylic acids is 2. The molecule has 0 bridgehead atoms. The molecule has 0 radical (unpaired) electrons. The van der Waals surface area contributed by atoms with Gasteiger partial charge in [-0.15, -0.1) is 0 Å². The summed E-state index contributed by atoms with van der Waals surface area (Å²) in [5, 5.41) is 5.07. The highest BCUT2D eigenvalue weighted by Gasteiger charge is 2.36. The summed E-state index contributed by atoms with van der Waals surface area (Å²) in [6, 6.07) is 13.4. The van der Waals surface area contributed by atoms with Gasteiger partial charge in [-0.25, -0.2) is 8.78 Å². The molecule has 0 saturated heterocycles. The van der Waals surface area contributed by atoms with Gasteiger partial charge in [0.25, 0.3) is 5.56 Å². The second kappa shape index (κ2) is 9.68. The fraction of sp³-hybridized carbons (Fsp3) is 0.321. The molecular weight excluding hydrogens is 464 g/mol. The SMILES string of the molecule is CNC(=O)C(=O)NC1CCc2ccc(C3CC3)c(=O)n2C1Cc1cccc(-c2cccc(F)c2)c1F. The molecule has 186 valence electrons. The zero-order valence-corrected chi connectivity index (χ0v) is 19.9. The Morgan fingerprint density at radius 1 is 1.00 bits per heavy atom. The number of aromatic nitrogens is 1. The smallest absolute Gasteiger partial charge is 0.309 e. The van der Waals surface area contributed by atoms with E-state index >= 15 is 4.39 Å². The van der Waals surface area contributed by atoms with E-state index in [1.54, 1.807) is 28.8 Å². The Bertz CT molecular complexity index is 1400. The van der Waals surface area contributed by atoms with E-state index in [0.717, 1.165) is 24.1 Å². The summed E-state index contributed by atoms with van der Waals surface area (Å²) in [6.45, 7) is 0. The van der Waals surface area contributed by atoms with Crippen LogP contribution in [0.4, 0.5) is 8.78 Å². The molecule has 8 heteroatoms. The van der Waals surface area contributed by atoms with Gasteiger partial charge in [0.05, 0.1) is 12.1 Å². The van der Waals surface area contributed by atoms with Crippen molar-refractivity contribution in [1.29, 1.82) is 0 Å². The van der Waals surface area contributed by atoms with Crippen molar-refractivity contribution in [3.8, 4) is 11.1 Å². The molecule has 2 aliphatic rings. The normalized spacial score (nSPS) is 18.9. The molecule has 1 aliphatic carbocycles. The van der Waals surface area contributed by atoms with E-state index in [1.807, 2.05) is 12.1 Å². The number of fused-ring (bicyclic) bond motifs is 1. The number of pyridine rings is 1. The third kappa shape index (κ3) is 4.55. The second-order valence-corrected chi connectivity index (χ2v) is 9.49. The third-order valence-corrected chi connectivity index (χ3v) is 7.15. The van der Waals surface area contributed by atoms with Crippen LogP contribution in [0.25, 0.3) is 11.1 Å². The van der Waals surface area contributed by atoms with Crippen molar-refractivity contribution in [2.45, 2.75) is 50.1 Å². The lowest BCUT2D eigenvalue weighted by atomic mass is 9.89. The Morgan fingerprint density at radius 2 is 1.78 bits per heavy atom. The molecule has 2 unspecified atom stereocenters. The van der Waals surface area contributed by atoms with E-state index in [4.69, 9.17) is 0 Å². The monoisotopic (exact) mass is 491 g/mol. The predicted molar refractivity (Wildman–Crippen MR) is 132 cm³/mol. The van der Waals surface area contributed by atoms with Gasteiger partial charge in [-0.2, -0.15) is 0 Å². The van der Waals surface area contributed by atoms with E-state index in [1.165, 1.54) is 25.2 Å². The van der Waals surface area contributed by atoms with Gasteiger partial charge in [-0.05, 0) is 67.3 Å². The number of amides is 2. The van der Waals surface area contributed by atoms with Crippen molar-refractivity contribution < 1.29 is 18.4 Å². The van der Waals surface area contributed by atoms with Crippen molar-refractivity contribution in [3.05, 3.63) is 93.4 Å². The topological polar surface area (TPSA) is 80.2 Å². The summed E-state index contributed by atoms with van der Waals surface area (Å²) < 4.78 is 31.2. The number of aryl methyl sites for hydroxylation is 1. The van der Waals surface area contributed by atoms with E-state index in [9.17, 15) is 18.8 Å². The summed E-state index contributed by atoms with van der Waals surface area (Å²) >= 11 is 0. The summed E-state index contributed by atoms with van der Waals surface area (Å²) in [5.74, 6) is -2.31. The molecule has 0 spiro atoms. The highest BCUT2D eigenvalue weighted by Crippen LogP contribution is 2.39. The van der Waals surface area contributed by atoms with Gasteiger partial charge >= 0.3 is 11.8 Å². The Labute approximate surface area is 207 Å². The predicted octanol–water partition coefficient (Wildman–Crippen LogP) is 3.63. The molecule has 1 saturated carbocycles. The van der Waals surface area contributed by atoms with Crippen LogP contribution in [-0.4, -0.2) is 29.5 Å². The highest BCUT2D eigenvalue weighted by atomic mass is 19.1. The largest absolute Gasteiger partial charge is 0.351 e. The number of hydrogen-bond acceptors (Lipinski definition) is 3. The number of likely N-dealkylation sites (N-methyl/N-ethyl adjacent to an activating group) is 1. The Balaban J connectivity index is 1.56. The number of benzene rings is 2. The van der Waals surface area contributed by atoms with E-state index in [-0.39, 0.29) is 23.5 Å². The van der Waals surface area contributed by atoms with Crippen molar-refractivity contribution in [3.63, 3.8) is 0 Å². The van der Waals surface area contributed by atoms with Crippen LogP contribution in [-0.2, 0) is 22.4 Å². The van der Waals surface area contributed by atoms with E-state index < -0.39 is 35.5 Å². The minimum atomic E-state index is -0.795. The number of nitrogens with one attached hydrogen (secondary N) is 2. The number of carbonyl (C=O) groups is 2. The van der Waals surface area contributed by atoms with Crippen molar-refractivity contribution >= 4 is 11.8 Å². The lowest BCUT2D eigenvalue weighted by Gasteiger charge is -2.36. The van der Waals surface area contributed by atoms with Gasteiger partial charge in [0.2, 0.25) is 0 Å². The van der Waals surface area contributed by atoms with Crippen LogP contribution in [0.1, 0.15) is 48.0 Å². The standard InChI is InChI=1S/C28H27F2N3O3/c1-31-26(34)27(35)32-23-13-11-20-10-12-22(16-8-9-16)28(36)33(20)24(23)15-18-5-3-7-21(25(18)30)17-4-2-6-19(29)14-17/h2-7,10,12,14,16,23-24H,8-9,11,13,15H2,1H3,(H,31,34)(H,32,35). The Hall–Kier alpha value is -3.81. The molecule has 1 aromatic heterocycles. The first-order valence-corrected chi connectivity index (χ1v) is 12.2. The number of nitrogens with zero attached hydrogens (tertiary/aromatic N) is 1. The average molecular weight is 492 g/mol. The Morgan fingerprint density at radius 3 is 2.50 bits per heavy atom. The molecule has 2 atom stereocenters. The summed E-state index contributed by atoms with van der Waals surface area (Å²) in [7, 11) is 1.37. The maximum atomic E-state index is 15.8. The zero-order chi connectivity index (χ0) is 25.4. The van der Waals surface area contributed by atoms with E-state index in [2.05, 4.69) is 10.6 Å². The second-order valence-electron chi connectivity index (χ2n) is 9.49.